The quantitative estimate of drug-likeness (QED) is 0.882. The zero-order valence-corrected chi connectivity index (χ0v) is 13.8. The van der Waals surface area contributed by atoms with E-state index in [2.05, 4.69) is 26.1 Å². The summed E-state index contributed by atoms with van der Waals surface area (Å²) in [6.45, 7) is 4.67. The molecule has 6 heteroatoms. The third-order valence-corrected chi connectivity index (χ3v) is 4.79. The molecular formula is C14H22BrN3O2. The molecule has 5 nitrogen and oxygen atoms in total. The van der Waals surface area contributed by atoms with Gasteiger partial charge in [-0.3, -0.25) is 9.89 Å². The lowest BCUT2D eigenvalue weighted by atomic mass is 10.1. The van der Waals surface area contributed by atoms with E-state index in [0.717, 1.165) is 29.4 Å². The normalized spacial score (nSPS) is 22.5. The second-order valence-electron chi connectivity index (χ2n) is 5.90. The SMILES string of the molecule is CC(C)c1[nH]nc(C(=O)N(C)CC2CCCC2O)c1Br. The highest BCUT2D eigenvalue weighted by atomic mass is 79.9. The fourth-order valence-electron chi connectivity index (χ4n) is 2.71. The molecule has 1 aliphatic carbocycles. The van der Waals surface area contributed by atoms with Crippen LogP contribution in [0.2, 0.25) is 0 Å². The number of aliphatic hydroxyl groups excluding tert-OH is 1. The number of nitrogens with one attached hydrogen (secondary N) is 1. The van der Waals surface area contributed by atoms with E-state index in [0.29, 0.717) is 12.2 Å². The summed E-state index contributed by atoms with van der Waals surface area (Å²) in [6.07, 6.45) is 2.59. The smallest absolute Gasteiger partial charge is 0.275 e. The van der Waals surface area contributed by atoms with Gasteiger partial charge in [-0.1, -0.05) is 20.3 Å². The lowest BCUT2D eigenvalue weighted by molar-refractivity contribution is 0.0687. The van der Waals surface area contributed by atoms with Crippen LogP contribution in [0.25, 0.3) is 0 Å². The summed E-state index contributed by atoms with van der Waals surface area (Å²) in [5, 5.41) is 16.9. The summed E-state index contributed by atoms with van der Waals surface area (Å²) < 4.78 is 0.747. The van der Waals surface area contributed by atoms with E-state index in [1.807, 2.05) is 13.8 Å². The zero-order valence-electron chi connectivity index (χ0n) is 12.2. The molecule has 2 atom stereocenters. The minimum Gasteiger partial charge on any atom is -0.393 e. The number of hydrogen-bond acceptors (Lipinski definition) is 3. The van der Waals surface area contributed by atoms with Crippen LogP contribution in [0.3, 0.4) is 0 Å². The van der Waals surface area contributed by atoms with Crippen LogP contribution < -0.4 is 0 Å². The van der Waals surface area contributed by atoms with Gasteiger partial charge in [0.1, 0.15) is 0 Å². The summed E-state index contributed by atoms with van der Waals surface area (Å²) in [5.74, 6) is 0.353. The van der Waals surface area contributed by atoms with Crippen LogP contribution in [-0.4, -0.2) is 45.8 Å². The summed E-state index contributed by atoms with van der Waals surface area (Å²) in [6, 6.07) is 0. The van der Waals surface area contributed by atoms with E-state index >= 15 is 0 Å². The van der Waals surface area contributed by atoms with Crippen molar-refractivity contribution in [1.29, 1.82) is 0 Å². The number of carbonyl (C=O) groups excluding carboxylic acids is 1. The van der Waals surface area contributed by atoms with E-state index < -0.39 is 0 Å². The first-order chi connectivity index (χ1) is 9.41. The van der Waals surface area contributed by atoms with Crippen LogP contribution >= 0.6 is 15.9 Å². The molecule has 1 aliphatic rings. The molecule has 20 heavy (non-hydrogen) atoms. The molecule has 0 aromatic carbocycles. The van der Waals surface area contributed by atoms with Crippen LogP contribution in [0.5, 0.6) is 0 Å². The minimum atomic E-state index is -0.279. The maximum absolute atomic E-state index is 12.4. The van der Waals surface area contributed by atoms with Crippen LogP contribution in [-0.2, 0) is 0 Å². The van der Waals surface area contributed by atoms with Crippen LogP contribution in [0.15, 0.2) is 4.47 Å². The lowest BCUT2D eigenvalue weighted by Crippen LogP contribution is -2.34. The van der Waals surface area contributed by atoms with Crippen molar-refractivity contribution in [2.24, 2.45) is 5.92 Å². The van der Waals surface area contributed by atoms with Gasteiger partial charge in [-0.25, -0.2) is 0 Å². The Balaban J connectivity index is 2.07. The maximum atomic E-state index is 12.4. The van der Waals surface area contributed by atoms with Crippen molar-refractivity contribution < 1.29 is 9.90 Å². The molecule has 1 aromatic rings. The first kappa shape index (κ1) is 15.5. The highest BCUT2D eigenvalue weighted by Gasteiger charge is 2.29. The molecule has 0 saturated heterocycles. The van der Waals surface area contributed by atoms with Gasteiger partial charge < -0.3 is 10.0 Å². The number of hydrogen-bond donors (Lipinski definition) is 2. The largest absolute Gasteiger partial charge is 0.393 e. The molecule has 112 valence electrons. The van der Waals surface area contributed by atoms with Gasteiger partial charge in [-0.2, -0.15) is 5.10 Å². The number of aliphatic hydroxyl groups is 1. The van der Waals surface area contributed by atoms with E-state index in [1.54, 1.807) is 11.9 Å². The monoisotopic (exact) mass is 343 g/mol. The summed E-state index contributed by atoms with van der Waals surface area (Å²) in [4.78, 5) is 14.1. The number of H-pyrrole nitrogens is 1. The van der Waals surface area contributed by atoms with Gasteiger partial charge in [0.05, 0.1) is 16.3 Å². The fourth-order valence-corrected chi connectivity index (χ4v) is 3.52. The molecule has 1 saturated carbocycles. The predicted molar refractivity (Wildman–Crippen MR) is 80.7 cm³/mol. The van der Waals surface area contributed by atoms with Crippen molar-refractivity contribution in [3.8, 4) is 0 Å². The Bertz CT molecular complexity index is 487. The number of aromatic amines is 1. The standard InChI is InChI=1S/C14H22BrN3O2/c1-8(2)12-11(15)13(17-16-12)14(20)18(3)7-9-5-4-6-10(9)19/h8-10,19H,4-7H2,1-3H3,(H,16,17). The molecule has 2 N–H and O–H groups in total. The number of rotatable bonds is 4. The van der Waals surface area contributed by atoms with Gasteiger partial charge in [-0.05, 0) is 34.7 Å². The molecule has 0 radical (unpaired) electrons. The number of carbonyl (C=O) groups is 1. The van der Waals surface area contributed by atoms with Crippen molar-refractivity contribution in [2.75, 3.05) is 13.6 Å². The second kappa shape index (κ2) is 6.26. The second-order valence-corrected chi connectivity index (χ2v) is 6.69. The minimum absolute atomic E-state index is 0.112. The van der Waals surface area contributed by atoms with Gasteiger partial charge >= 0.3 is 0 Å². The maximum Gasteiger partial charge on any atom is 0.275 e. The molecule has 1 fully saturated rings. The first-order valence-electron chi connectivity index (χ1n) is 7.09. The Kier molecular flexibility index (Phi) is 4.86. The summed E-state index contributed by atoms with van der Waals surface area (Å²) in [7, 11) is 1.77. The van der Waals surface area contributed by atoms with Crippen LogP contribution in [0.1, 0.15) is 55.2 Å². The highest BCUT2D eigenvalue weighted by molar-refractivity contribution is 9.10. The highest BCUT2D eigenvalue weighted by Crippen LogP contribution is 2.28. The Hall–Kier alpha value is -0.880. The molecule has 1 heterocycles. The Labute approximate surface area is 127 Å². The Morgan fingerprint density at radius 2 is 2.25 bits per heavy atom. The van der Waals surface area contributed by atoms with Crippen molar-refractivity contribution >= 4 is 21.8 Å². The Morgan fingerprint density at radius 3 is 2.75 bits per heavy atom. The number of aromatic nitrogens is 2. The molecule has 1 amide bonds. The molecule has 0 aliphatic heterocycles. The van der Waals surface area contributed by atoms with Crippen molar-refractivity contribution in [1.82, 2.24) is 15.1 Å². The van der Waals surface area contributed by atoms with E-state index in [1.165, 1.54) is 0 Å². The lowest BCUT2D eigenvalue weighted by Gasteiger charge is -2.22. The topological polar surface area (TPSA) is 69.2 Å². The van der Waals surface area contributed by atoms with Crippen molar-refractivity contribution in [2.45, 2.75) is 45.1 Å². The molecule has 0 spiro atoms. The molecule has 0 bridgehead atoms. The van der Waals surface area contributed by atoms with E-state index in [4.69, 9.17) is 0 Å². The molecular weight excluding hydrogens is 322 g/mol. The van der Waals surface area contributed by atoms with Gasteiger partial charge in [0, 0.05) is 19.5 Å². The predicted octanol–water partition coefficient (Wildman–Crippen LogP) is 2.53. The van der Waals surface area contributed by atoms with Gasteiger partial charge in [0.2, 0.25) is 0 Å². The van der Waals surface area contributed by atoms with Crippen LogP contribution in [0.4, 0.5) is 0 Å². The van der Waals surface area contributed by atoms with E-state index in [9.17, 15) is 9.90 Å². The third-order valence-electron chi connectivity index (χ3n) is 3.99. The fraction of sp³-hybridized carbons (Fsp3) is 0.714. The summed E-state index contributed by atoms with van der Waals surface area (Å²) >= 11 is 3.45. The van der Waals surface area contributed by atoms with Gasteiger partial charge in [0.15, 0.2) is 5.69 Å². The van der Waals surface area contributed by atoms with Crippen LogP contribution in [0, 0.1) is 5.92 Å². The molecule has 2 unspecified atom stereocenters. The third kappa shape index (κ3) is 3.06. The van der Waals surface area contributed by atoms with E-state index in [-0.39, 0.29) is 23.8 Å². The molecule has 2 rings (SSSR count). The zero-order chi connectivity index (χ0) is 14.9. The molecule has 1 aromatic heterocycles. The van der Waals surface area contributed by atoms with Gasteiger partial charge in [-0.15, -0.1) is 0 Å². The first-order valence-corrected chi connectivity index (χ1v) is 7.88. The number of amides is 1. The van der Waals surface area contributed by atoms with Crippen molar-refractivity contribution in [3.05, 3.63) is 15.9 Å². The Morgan fingerprint density at radius 1 is 1.55 bits per heavy atom. The number of halogens is 1. The average Bonchev–Trinajstić information content (AvgIpc) is 2.95. The van der Waals surface area contributed by atoms with Crippen molar-refractivity contribution in [3.63, 3.8) is 0 Å². The van der Waals surface area contributed by atoms with Gasteiger partial charge in [0.25, 0.3) is 5.91 Å². The number of nitrogens with zero attached hydrogens (tertiary/aromatic N) is 2. The average molecular weight is 344 g/mol. The summed E-state index contributed by atoms with van der Waals surface area (Å²) in [5.41, 5.74) is 1.35.